The van der Waals surface area contributed by atoms with E-state index in [1.165, 1.54) is 6.20 Å². The number of fused-ring (bicyclic) bond motifs is 1. The molecule has 0 saturated heterocycles. The minimum atomic E-state index is -0.328. The van der Waals surface area contributed by atoms with Crippen LogP contribution >= 0.6 is 11.6 Å². The maximum absolute atomic E-state index is 12.5. The average Bonchev–Trinajstić information content (AvgIpc) is 2.64. The number of aromatic nitrogens is 1. The summed E-state index contributed by atoms with van der Waals surface area (Å²) in [4.78, 5) is 30.3. The van der Waals surface area contributed by atoms with Crippen molar-refractivity contribution in [2.75, 3.05) is 35.2 Å². The van der Waals surface area contributed by atoms with Crippen molar-refractivity contribution < 1.29 is 14.3 Å². The third kappa shape index (κ3) is 3.72. The number of anilines is 3. The van der Waals surface area contributed by atoms with Gasteiger partial charge in [0.1, 0.15) is 11.6 Å². The number of carbonyl (C=O) groups excluding carboxylic acids is 2. The molecule has 0 aliphatic carbocycles. The molecule has 0 bridgehead atoms. The first kappa shape index (κ1) is 18.0. The van der Waals surface area contributed by atoms with Gasteiger partial charge in [0.25, 0.3) is 11.8 Å². The SMILES string of the molecule is CCN(CC)c1ccc(C(=O)Nc2cc3c(cc2Cl)NC(=O)CO3)cn1. The first-order chi connectivity index (χ1) is 12.5. The monoisotopic (exact) mass is 374 g/mol. The van der Waals surface area contributed by atoms with Crippen LogP contribution < -0.4 is 20.3 Å². The van der Waals surface area contributed by atoms with E-state index < -0.39 is 0 Å². The van der Waals surface area contributed by atoms with Crippen molar-refractivity contribution in [3.05, 3.63) is 41.0 Å². The van der Waals surface area contributed by atoms with Crippen LogP contribution in [0.15, 0.2) is 30.5 Å². The lowest BCUT2D eigenvalue weighted by Gasteiger charge is -2.20. The van der Waals surface area contributed by atoms with Crippen LogP contribution in [0, 0.1) is 0 Å². The van der Waals surface area contributed by atoms with Gasteiger partial charge < -0.3 is 20.3 Å². The molecule has 0 saturated carbocycles. The zero-order valence-electron chi connectivity index (χ0n) is 14.5. The van der Waals surface area contributed by atoms with Gasteiger partial charge in [0.05, 0.1) is 22.0 Å². The van der Waals surface area contributed by atoms with Crippen LogP contribution in [0.2, 0.25) is 5.02 Å². The molecule has 0 unspecified atom stereocenters. The van der Waals surface area contributed by atoms with Gasteiger partial charge in [-0.25, -0.2) is 4.98 Å². The molecule has 3 rings (SSSR count). The Morgan fingerprint density at radius 2 is 2.12 bits per heavy atom. The number of hydrogen-bond acceptors (Lipinski definition) is 5. The molecule has 0 radical (unpaired) electrons. The fraction of sp³-hybridized carbons (Fsp3) is 0.278. The summed E-state index contributed by atoms with van der Waals surface area (Å²) in [5.74, 6) is 0.705. The van der Waals surface area contributed by atoms with Crippen molar-refractivity contribution in [1.82, 2.24) is 4.98 Å². The summed E-state index contributed by atoms with van der Waals surface area (Å²) in [6.45, 7) is 5.72. The van der Waals surface area contributed by atoms with E-state index in [-0.39, 0.29) is 18.4 Å². The van der Waals surface area contributed by atoms with E-state index in [2.05, 4.69) is 20.5 Å². The Hall–Kier alpha value is -2.80. The molecule has 1 aliphatic heterocycles. The maximum Gasteiger partial charge on any atom is 0.262 e. The van der Waals surface area contributed by atoms with E-state index >= 15 is 0 Å². The van der Waals surface area contributed by atoms with Gasteiger partial charge in [0.15, 0.2) is 6.61 Å². The summed E-state index contributed by atoms with van der Waals surface area (Å²) in [6, 6.07) is 6.67. The third-order valence-corrected chi connectivity index (χ3v) is 4.36. The van der Waals surface area contributed by atoms with Gasteiger partial charge in [-0.3, -0.25) is 9.59 Å². The Balaban J connectivity index is 1.77. The zero-order chi connectivity index (χ0) is 18.7. The number of benzene rings is 1. The van der Waals surface area contributed by atoms with Crippen molar-refractivity contribution in [2.45, 2.75) is 13.8 Å². The second-order valence-electron chi connectivity index (χ2n) is 5.70. The summed E-state index contributed by atoms with van der Waals surface area (Å²) in [5, 5.41) is 5.71. The third-order valence-electron chi connectivity index (χ3n) is 4.05. The summed E-state index contributed by atoms with van der Waals surface area (Å²) in [5.41, 5.74) is 1.30. The number of halogens is 1. The zero-order valence-corrected chi connectivity index (χ0v) is 15.3. The van der Waals surface area contributed by atoms with Crippen molar-refractivity contribution >= 4 is 40.6 Å². The Morgan fingerprint density at radius 3 is 2.77 bits per heavy atom. The summed E-state index contributed by atoms with van der Waals surface area (Å²) < 4.78 is 5.35. The number of nitrogens with one attached hydrogen (secondary N) is 2. The molecule has 2 amide bonds. The lowest BCUT2D eigenvalue weighted by Crippen LogP contribution is -2.25. The number of amides is 2. The molecule has 0 fully saturated rings. The van der Waals surface area contributed by atoms with E-state index in [1.807, 2.05) is 19.9 Å². The number of ether oxygens (including phenoxy) is 1. The van der Waals surface area contributed by atoms with E-state index in [1.54, 1.807) is 18.2 Å². The highest BCUT2D eigenvalue weighted by Gasteiger charge is 2.19. The van der Waals surface area contributed by atoms with E-state index in [0.29, 0.717) is 27.7 Å². The summed E-state index contributed by atoms with van der Waals surface area (Å²) >= 11 is 6.20. The second-order valence-corrected chi connectivity index (χ2v) is 6.10. The van der Waals surface area contributed by atoms with Gasteiger partial charge in [-0.1, -0.05) is 11.6 Å². The number of pyridine rings is 1. The lowest BCUT2D eigenvalue weighted by molar-refractivity contribution is -0.118. The molecule has 0 spiro atoms. The van der Waals surface area contributed by atoms with Crippen LogP contribution in [0.1, 0.15) is 24.2 Å². The van der Waals surface area contributed by atoms with Gasteiger partial charge in [0, 0.05) is 25.4 Å². The first-order valence-electron chi connectivity index (χ1n) is 8.30. The molecule has 1 aliphatic rings. The van der Waals surface area contributed by atoms with Gasteiger partial charge in [-0.05, 0) is 32.0 Å². The fourth-order valence-electron chi connectivity index (χ4n) is 2.65. The highest BCUT2D eigenvalue weighted by molar-refractivity contribution is 6.34. The topological polar surface area (TPSA) is 83.6 Å². The molecule has 0 atom stereocenters. The van der Waals surface area contributed by atoms with E-state index in [0.717, 1.165) is 18.9 Å². The summed E-state index contributed by atoms with van der Waals surface area (Å²) in [7, 11) is 0. The quantitative estimate of drug-likeness (QED) is 0.839. The van der Waals surface area contributed by atoms with Crippen LogP contribution in [0.4, 0.5) is 17.2 Å². The van der Waals surface area contributed by atoms with Crippen molar-refractivity contribution in [1.29, 1.82) is 0 Å². The molecule has 26 heavy (non-hydrogen) atoms. The Bertz CT molecular complexity index is 835. The standard InChI is InChI=1S/C18H19ClN4O3/c1-3-23(4-2)16-6-5-11(9-20-16)18(25)22-13-8-15-14(7-12(13)19)21-17(24)10-26-15/h5-9H,3-4,10H2,1-2H3,(H,21,24)(H,22,25). The normalized spacial score (nSPS) is 12.7. The van der Waals surface area contributed by atoms with Gasteiger partial charge in [-0.2, -0.15) is 0 Å². The number of carbonyl (C=O) groups is 2. The van der Waals surface area contributed by atoms with Crippen LogP contribution in [0.3, 0.4) is 0 Å². The van der Waals surface area contributed by atoms with Crippen LogP contribution in [-0.4, -0.2) is 36.5 Å². The van der Waals surface area contributed by atoms with Crippen LogP contribution in [0.25, 0.3) is 0 Å². The predicted octanol–water partition coefficient (Wildman–Crippen LogP) is 3.16. The van der Waals surface area contributed by atoms with E-state index in [9.17, 15) is 9.59 Å². The average molecular weight is 375 g/mol. The Labute approximate surface area is 156 Å². The first-order valence-corrected chi connectivity index (χ1v) is 8.68. The second kappa shape index (κ2) is 7.61. The Kier molecular flexibility index (Phi) is 5.27. The van der Waals surface area contributed by atoms with Crippen molar-refractivity contribution in [3.63, 3.8) is 0 Å². The minimum Gasteiger partial charge on any atom is -0.482 e. The Morgan fingerprint density at radius 1 is 1.35 bits per heavy atom. The molecule has 8 heteroatoms. The largest absolute Gasteiger partial charge is 0.482 e. The van der Waals surface area contributed by atoms with Gasteiger partial charge in [0.2, 0.25) is 0 Å². The molecule has 1 aromatic heterocycles. The molecule has 7 nitrogen and oxygen atoms in total. The highest BCUT2D eigenvalue weighted by atomic mass is 35.5. The molecule has 136 valence electrons. The van der Waals surface area contributed by atoms with Crippen LogP contribution in [0.5, 0.6) is 5.75 Å². The lowest BCUT2D eigenvalue weighted by atomic mass is 10.2. The fourth-order valence-corrected chi connectivity index (χ4v) is 2.86. The maximum atomic E-state index is 12.5. The van der Waals surface area contributed by atoms with Crippen molar-refractivity contribution in [2.24, 2.45) is 0 Å². The molecule has 2 aromatic rings. The molecule has 1 aromatic carbocycles. The number of rotatable bonds is 5. The minimum absolute atomic E-state index is 0.0707. The highest BCUT2D eigenvalue weighted by Crippen LogP contribution is 2.36. The molecule has 2 N–H and O–H groups in total. The van der Waals surface area contributed by atoms with Gasteiger partial charge >= 0.3 is 0 Å². The van der Waals surface area contributed by atoms with Gasteiger partial charge in [-0.15, -0.1) is 0 Å². The smallest absolute Gasteiger partial charge is 0.262 e. The van der Waals surface area contributed by atoms with Crippen LogP contribution in [-0.2, 0) is 4.79 Å². The molecular weight excluding hydrogens is 356 g/mol. The molecular formula is C18H19ClN4O3. The number of hydrogen-bond donors (Lipinski definition) is 2. The predicted molar refractivity (Wildman–Crippen MR) is 101 cm³/mol. The molecule has 2 heterocycles. The van der Waals surface area contributed by atoms with E-state index in [4.69, 9.17) is 16.3 Å². The number of nitrogens with zero attached hydrogens (tertiary/aromatic N) is 2. The summed E-state index contributed by atoms with van der Waals surface area (Å²) in [6.07, 6.45) is 1.53. The van der Waals surface area contributed by atoms with Crippen molar-refractivity contribution in [3.8, 4) is 5.75 Å².